The summed E-state index contributed by atoms with van der Waals surface area (Å²) in [5.41, 5.74) is 5.45. The van der Waals surface area contributed by atoms with Gasteiger partial charge in [0.15, 0.2) is 0 Å². The molecule has 3 N–H and O–H groups in total. The summed E-state index contributed by atoms with van der Waals surface area (Å²) in [5, 5.41) is 10.3. The molecule has 2 aliphatic rings. The Bertz CT molecular complexity index is 190. The van der Waals surface area contributed by atoms with Gasteiger partial charge in [-0.25, -0.2) is 0 Å². The molecule has 0 aromatic carbocycles. The van der Waals surface area contributed by atoms with E-state index in [0.29, 0.717) is 6.04 Å². The topological polar surface area (TPSA) is 49.5 Å². The van der Waals surface area contributed by atoms with E-state index in [1.54, 1.807) is 0 Å². The first-order valence-electron chi connectivity index (χ1n) is 5.88. The van der Waals surface area contributed by atoms with Crippen molar-refractivity contribution in [2.24, 2.45) is 5.73 Å². The number of nitrogens with two attached hydrogens (primary N) is 1. The smallest absolute Gasteiger partial charge is 0.0774 e. The largest absolute Gasteiger partial charge is 0.389 e. The Morgan fingerprint density at radius 3 is 2.57 bits per heavy atom. The molecule has 14 heavy (non-hydrogen) atoms. The highest BCUT2D eigenvalue weighted by Gasteiger charge is 2.33. The minimum absolute atomic E-state index is 0.335. The van der Waals surface area contributed by atoms with Crippen LogP contribution in [0, 0.1) is 0 Å². The van der Waals surface area contributed by atoms with Crippen LogP contribution in [0.2, 0.25) is 0 Å². The number of aliphatic hydroxyl groups is 1. The molecular weight excluding hydrogens is 176 g/mol. The summed E-state index contributed by atoms with van der Waals surface area (Å²) in [6, 6.07) is 0.335. The average molecular weight is 198 g/mol. The monoisotopic (exact) mass is 198 g/mol. The fraction of sp³-hybridized carbons (Fsp3) is 1.00. The minimum atomic E-state index is -0.400. The minimum Gasteiger partial charge on any atom is -0.389 e. The maximum Gasteiger partial charge on any atom is 0.0774 e. The summed E-state index contributed by atoms with van der Waals surface area (Å²) in [4.78, 5) is 2.33. The van der Waals surface area contributed by atoms with Gasteiger partial charge in [-0.3, -0.25) is 4.90 Å². The van der Waals surface area contributed by atoms with Gasteiger partial charge in [-0.15, -0.1) is 0 Å². The Morgan fingerprint density at radius 1 is 1.29 bits per heavy atom. The van der Waals surface area contributed by atoms with Crippen molar-refractivity contribution in [2.75, 3.05) is 19.6 Å². The molecule has 1 aliphatic heterocycles. The van der Waals surface area contributed by atoms with Crippen LogP contribution < -0.4 is 5.73 Å². The highest BCUT2D eigenvalue weighted by atomic mass is 16.3. The van der Waals surface area contributed by atoms with Crippen LogP contribution in [-0.4, -0.2) is 41.3 Å². The van der Waals surface area contributed by atoms with Gasteiger partial charge < -0.3 is 10.8 Å². The number of hydrogen-bond acceptors (Lipinski definition) is 3. The van der Waals surface area contributed by atoms with E-state index < -0.39 is 5.60 Å². The zero-order valence-electron chi connectivity index (χ0n) is 8.91. The molecule has 0 aromatic heterocycles. The SMILES string of the molecule is N[C@@H]1CCN(CC2(O)CCCCC2)C1. The molecule has 0 aromatic rings. The number of hydrogen-bond donors (Lipinski definition) is 2. The molecule has 82 valence electrons. The van der Waals surface area contributed by atoms with E-state index in [4.69, 9.17) is 5.73 Å². The number of likely N-dealkylation sites (tertiary alicyclic amines) is 1. The van der Waals surface area contributed by atoms with Crippen LogP contribution in [0.1, 0.15) is 38.5 Å². The van der Waals surface area contributed by atoms with E-state index in [1.165, 1.54) is 19.3 Å². The summed E-state index contributed by atoms with van der Waals surface area (Å²) < 4.78 is 0. The molecule has 1 saturated heterocycles. The van der Waals surface area contributed by atoms with Gasteiger partial charge >= 0.3 is 0 Å². The fourth-order valence-electron chi connectivity index (χ4n) is 2.79. The van der Waals surface area contributed by atoms with E-state index in [2.05, 4.69) is 4.90 Å². The van der Waals surface area contributed by atoms with Crippen molar-refractivity contribution in [1.29, 1.82) is 0 Å². The molecular formula is C11H22N2O. The van der Waals surface area contributed by atoms with Gasteiger partial charge in [-0.1, -0.05) is 19.3 Å². The molecule has 1 atom stereocenters. The summed E-state index contributed by atoms with van der Waals surface area (Å²) in [6.45, 7) is 2.90. The molecule has 1 saturated carbocycles. The molecule has 1 heterocycles. The van der Waals surface area contributed by atoms with Crippen molar-refractivity contribution in [1.82, 2.24) is 4.90 Å². The summed E-state index contributed by atoms with van der Waals surface area (Å²) in [5.74, 6) is 0. The van der Waals surface area contributed by atoms with Gasteiger partial charge in [0.05, 0.1) is 5.60 Å². The van der Waals surface area contributed by atoms with Gasteiger partial charge in [-0.2, -0.15) is 0 Å². The molecule has 2 rings (SSSR count). The number of nitrogens with zero attached hydrogens (tertiary/aromatic N) is 1. The van der Waals surface area contributed by atoms with Crippen LogP contribution in [0.15, 0.2) is 0 Å². The second kappa shape index (κ2) is 4.17. The Morgan fingerprint density at radius 2 is 2.00 bits per heavy atom. The van der Waals surface area contributed by atoms with E-state index >= 15 is 0 Å². The molecule has 0 spiro atoms. The molecule has 0 radical (unpaired) electrons. The van der Waals surface area contributed by atoms with Crippen molar-refractivity contribution in [3.63, 3.8) is 0 Å². The number of β-amino-alcohol motifs (C(OH)–C–C–N with tert-alkyl or cyclic N) is 1. The predicted molar refractivity (Wildman–Crippen MR) is 57.1 cm³/mol. The molecule has 2 fully saturated rings. The zero-order valence-corrected chi connectivity index (χ0v) is 8.91. The quantitative estimate of drug-likeness (QED) is 0.687. The Hall–Kier alpha value is -0.120. The Labute approximate surface area is 86.3 Å². The van der Waals surface area contributed by atoms with Crippen molar-refractivity contribution in [3.05, 3.63) is 0 Å². The lowest BCUT2D eigenvalue weighted by molar-refractivity contribution is -0.0215. The van der Waals surface area contributed by atoms with Crippen molar-refractivity contribution >= 4 is 0 Å². The lowest BCUT2D eigenvalue weighted by atomic mass is 9.84. The molecule has 3 heteroatoms. The Kier molecular flexibility index (Phi) is 3.10. The first-order chi connectivity index (χ1) is 6.68. The second-order valence-corrected chi connectivity index (χ2v) is 5.07. The molecule has 0 unspecified atom stereocenters. The maximum absolute atomic E-state index is 10.3. The van der Waals surface area contributed by atoms with Crippen molar-refractivity contribution in [2.45, 2.75) is 50.2 Å². The lowest BCUT2D eigenvalue weighted by Crippen LogP contribution is -2.44. The first-order valence-corrected chi connectivity index (χ1v) is 5.88. The number of rotatable bonds is 2. The maximum atomic E-state index is 10.3. The standard InChI is InChI=1S/C11H22N2O/c12-10-4-7-13(8-10)9-11(14)5-2-1-3-6-11/h10,14H,1-9,12H2/t10-/m1/s1. The second-order valence-electron chi connectivity index (χ2n) is 5.07. The summed E-state index contributed by atoms with van der Waals surface area (Å²) in [6.07, 6.45) is 6.74. The van der Waals surface area contributed by atoms with Gasteiger partial charge in [0.2, 0.25) is 0 Å². The van der Waals surface area contributed by atoms with Gasteiger partial charge in [0.25, 0.3) is 0 Å². The van der Waals surface area contributed by atoms with Crippen LogP contribution in [0.5, 0.6) is 0 Å². The van der Waals surface area contributed by atoms with Crippen LogP contribution in [0.3, 0.4) is 0 Å². The lowest BCUT2D eigenvalue weighted by Gasteiger charge is -2.35. The first kappa shape index (κ1) is 10.4. The van der Waals surface area contributed by atoms with E-state index in [-0.39, 0.29) is 0 Å². The van der Waals surface area contributed by atoms with Gasteiger partial charge in [-0.05, 0) is 25.8 Å². The van der Waals surface area contributed by atoms with Crippen LogP contribution in [0.25, 0.3) is 0 Å². The highest BCUT2D eigenvalue weighted by Crippen LogP contribution is 2.29. The predicted octanol–water partition coefficient (Wildman–Crippen LogP) is 0.715. The van der Waals surface area contributed by atoms with Crippen molar-refractivity contribution in [3.8, 4) is 0 Å². The molecule has 0 amide bonds. The Balaban J connectivity index is 1.83. The summed E-state index contributed by atoms with van der Waals surface area (Å²) >= 11 is 0. The summed E-state index contributed by atoms with van der Waals surface area (Å²) in [7, 11) is 0. The van der Waals surface area contributed by atoms with Gasteiger partial charge in [0, 0.05) is 19.1 Å². The zero-order chi connectivity index (χ0) is 10.0. The van der Waals surface area contributed by atoms with Crippen molar-refractivity contribution < 1.29 is 5.11 Å². The van der Waals surface area contributed by atoms with E-state index in [0.717, 1.165) is 38.9 Å². The molecule has 1 aliphatic carbocycles. The van der Waals surface area contributed by atoms with Crippen LogP contribution >= 0.6 is 0 Å². The third-order valence-corrected chi connectivity index (χ3v) is 3.61. The molecule has 0 bridgehead atoms. The van der Waals surface area contributed by atoms with Gasteiger partial charge in [0.1, 0.15) is 0 Å². The van der Waals surface area contributed by atoms with Crippen LogP contribution in [0.4, 0.5) is 0 Å². The average Bonchev–Trinajstić information content (AvgIpc) is 2.51. The third-order valence-electron chi connectivity index (χ3n) is 3.61. The normalized spacial score (nSPS) is 33.4. The van der Waals surface area contributed by atoms with E-state index in [1.807, 2.05) is 0 Å². The third kappa shape index (κ3) is 2.47. The van der Waals surface area contributed by atoms with E-state index in [9.17, 15) is 5.11 Å². The van der Waals surface area contributed by atoms with Crippen LogP contribution in [-0.2, 0) is 0 Å². The fourth-order valence-corrected chi connectivity index (χ4v) is 2.79. The molecule has 3 nitrogen and oxygen atoms in total. The highest BCUT2D eigenvalue weighted by molar-refractivity contribution is 4.89.